The van der Waals surface area contributed by atoms with E-state index in [0.29, 0.717) is 6.61 Å². The predicted octanol–water partition coefficient (Wildman–Crippen LogP) is 0.742. The minimum atomic E-state index is -0.377. The molecule has 0 spiro atoms. The number of rotatable bonds is 5. The number of ether oxygens (including phenoxy) is 1. The highest BCUT2D eigenvalue weighted by molar-refractivity contribution is 5.20. The smallest absolute Gasteiger partial charge is 0.119 e. The standard InChI is InChI=1S/C11H15NO2/c13-10(8-12-6-7-12)9-14-11-4-2-1-3-5-11/h1-5,10,13H,6-9H2/t10-/m1/s1. The molecule has 0 aromatic heterocycles. The molecule has 1 aromatic carbocycles. The zero-order chi connectivity index (χ0) is 9.80. The van der Waals surface area contributed by atoms with Gasteiger partial charge < -0.3 is 9.84 Å². The molecule has 3 nitrogen and oxygen atoms in total. The zero-order valence-corrected chi connectivity index (χ0v) is 8.10. The largest absolute Gasteiger partial charge is 0.491 e. The van der Waals surface area contributed by atoms with Crippen molar-refractivity contribution in [1.82, 2.24) is 4.90 Å². The van der Waals surface area contributed by atoms with Gasteiger partial charge in [-0.25, -0.2) is 0 Å². The molecule has 1 N–H and O–H groups in total. The topological polar surface area (TPSA) is 32.5 Å². The first-order valence-corrected chi connectivity index (χ1v) is 4.93. The fourth-order valence-electron chi connectivity index (χ4n) is 1.31. The van der Waals surface area contributed by atoms with E-state index in [1.54, 1.807) is 0 Å². The van der Waals surface area contributed by atoms with Gasteiger partial charge in [-0.05, 0) is 12.1 Å². The summed E-state index contributed by atoms with van der Waals surface area (Å²) in [5.74, 6) is 0.817. The minimum Gasteiger partial charge on any atom is -0.491 e. The van der Waals surface area contributed by atoms with Gasteiger partial charge in [0.25, 0.3) is 0 Å². The Morgan fingerprint density at radius 1 is 1.29 bits per heavy atom. The predicted molar refractivity (Wildman–Crippen MR) is 54.4 cm³/mol. The number of aliphatic hydroxyl groups excluding tert-OH is 1. The fourth-order valence-corrected chi connectivity index (χ4v) is 1.31. The summed E-state index contributed by atoms with van der Waals surface area (Å²) >= 11 is 0. The molecule has 0 aliphatic carbocycles. The molecule has 14 heavy (non-hydrogen) atoms. The van der Waals surface area contributed by atoms with E-state index >= 15 is 0 Å². The van der Waals surface area contributed by atoms with Gasteiger partial charge in [0.1, 0.15) is 18.5 Å². The molecule has 1 heterocycles. The molecule has 0 amide bonds. The van der Waals surface area contributed by atoms with Crippen molar-refractivity contribution < 1.29 is 9.84 Å². The Labute approximate surface area is 83.9 Å². The molecule has 0 unspecified atom stereocenters. The second-order valence-electron chi connectivity index (χ2n) is 3.58. The van der Waals surface area contributed by atoms with Crippen molar-refractivity contribution >= 4 is 0 Å². The van der Waals surface area contributed by atoms with E-state index in [9.17, 15) is 5.11 Å². The lowest BCUT2D eigenvalue weighted by atomic mass is 10.3. The van der Waals surface area contributed by atoms with Gasteiger partial charge in [-0.15, -0.1) is 0 Å². The molecular weight excluding hydrogens is 178 g/mol. The molecular formula is C11H15NO2. The number of hydrogen-bond donors (Lipinski definition) is 1. The van der Waals surface area contributed by atoms with Gasteiger partial charge in [-0.1, -0.05) is 18.2 Å². The summed E-state index contributed by atoms with van der Waals surface area (Å²) in [5, 5.41) is 9.55. The van der Waals surface area contributed by atoms with Crippen molar-refractivity contribution in [3.05, 3.63) is 30.3 Å². The highest BCUT2D eigenvalue weighted by Gasteiger charge is 2.20. The van der Waals surface area contributed by atoms with Gasteiger partial charge in [0.05, 0.1) is 0 Å². The number of hydrogen-bond acceptors (Lipinski definition) is 3. The van der Waals surface area contributed by atoms with Gasteiger partial charge in [0, 0.05) is 19.6 Å². The second-order valence-corrected chi connectivity index (χ2v) is 3.58. The molecule has 0 bridgehead atoms. The lowest BCUT2D eigenvalue weighted by molar-refractivity contribution is 0.0943. The Kier molecular flexibility index (Phi) is 3.01. The molecule has 76 valence electrons. The number of para-hydroxylation sites is 1. The van der Waals surface area contributed by atoms with Crippen LogP contribution < -0.4 is 4.74 Å². The average Bonchev–Trinajstić information content (AvgIpc) is 3.00. The van der Waals surface area contributed by atoms with Crippen LogP contribution in [0.2, 0.25) is 0 Å². The maximum Gasteiger partial charge on any atom is 0.119 e. The molecule has 1 aliphatic heterocycles. The fraction of sp³-hybridized carbons (Fsp3) is 0.455. The molecule has 3 heteroatoms. The monoisotopic (exact) mass is 193 g/mol. The Balaban J connectivity index is 1.70. The summed E-state index contributed by atoms with van der Waals surface area (Å²) in [6.45, 7) is 3.33. The summed E-state index contributed by atoms with van der Waals surface area (Å²) in [4.78, 5) is 2.18. The van der Waals surface area contributed by atoms with Crippen molar-refractivity contribution in [1.29, 1.82) is 0 Å². The van der Waals surface area contributed by atoms with Crippen LogP contribution in [0.15, 0.2) is 30.3 Å². The first-order valence-electron chi connectivity index (χ1n) is 4.93. The molecule has 1 fully saturated rings. The minimum absolute atomic E-state index is 0.376. The van der Waals surface area contributed by atoms with Crippen LogP contribution in [0.5, 0.6) is 5.75 Å². The van der Waals surface area contributed by atoms with E-state index in [1.165, 1.54) is 0 Å². The summed E-state index contributed by atoms with van der Waals surface area (Å²) in [6, 6.07) is 9.58. The molecule has 1 saturated heterocycles. The van der Waals surface area contributed by atoms with E-state index < -0.39 is 0 Å². The molecule has 0 saturated carbocycles. The zero-order valence-electron chi connectivity index (χ0n) is 8.10. The van der Waals surface area contributed by atoms with Crippen molar-refractivity contribution in [2.75, 3.05) is 26.2 Å². The molecule has 2 rings (SSSR count). The van der Waals surface area contributed by atoms with Crippen LogP contribution in [-0.4, -0.2) is 42.4 Å². The van der Waals surface area contributed by atoms with Crippen molar-refractivity contribution in [2.45, 2.75) is 6.10 Å². The van der Waals surface area contributed by atoms with E-state index in [0.717, 1.165) is 25.4 Å². The number of aliphatic hydroxyl groups is 1. The molecule has 1 atom stereocenters. The Bertz CT molecular complexity index is 272. The normalized spacial score (nSPS) is 17.8. The van der Waals surface area contributed by atoms with E-state index in [4.69, 9.17) is 4.74 Å². The summed E-state index contributed by atoms with van der Waals surface area (Å²) in [6.07, 6.45) is -0.377. The maximum absolute atomic E-state index is 9.55. The van der Waals surface area contributed by atoms with Gasteiger partial charge >= 0.3 is 0 Å². The Morgan fingerprint density at radius 3 is 2.64 bits per heavy atom. The van der Waals surface area contributed by atoms with Gasteiger partial charge in [-0.2, -0.15) is 0 Å². The highest BCUT2D eigenvalue weighted by Crippen LogP contribution is 2.10. The summed E-state index contributed by atoms with van der Waals surface area (Å²) < 4.78 is 5.42. The SMILES string of the molecule is O[C@@H](COc1ccccc1)CN1CC1. The van der Waals surface area contributed by atoms with Crippen LogP contribution >= 0.6 is 0 Å². The van der Waals surface area contributed by atoms with Crippen LogP contribution in [-0.2, 0) is 0 Å². The van der Waals surface area contributed by atoms with Crippen LogP contribution in [0.25, 0.3) is 0 Å². The van der Waals surface area contributed by atoms with Crippen LogP contribution in [0.3, 0.4) is 0 Å². The third kappa shape index (κ3) is 3.01. The lowest BCUT2D eigenvalue weighted by Gasteiger charge is -2.12. The van der Waals surface area contributed by atoms with Gasteiger partial charge in [0.2, 0.25) is 0 Å². The van der Waals surface area contributed by atoms with Gasteiger partial charge in [0.15, 0.2) is 0 Å². The van der Waals surface area contributed by atoms with Crippen molar-refractivity contribution in [2.24, 2.45) is 0 Å². The van der Waals surface area contributed by atoms with E-state index in [1.807, 2.05) is 30.3 Å². The van der Waals surface area contributed by atoms with Crippen molar-refractivity contribution in [3.8, 4) is 5.75 Å². The highest BCUT2D eigenvalue weighted by atomic mass is 16.5. The van der Waals surface area contributed by atoms with Crippen LogP contribution in [0, 0.1) is 0 Å². The lowest BCUT2D eigenvalue weighted by Crippen LogP contribution is -2.25. The third-order valence-corrected chi connectivity index (χ3v) is 2.19. The number of nitrogens with zero attached hydrogens (tertiary/aromatic N) is 1. The number of benzene rings is 1. The number of β-amino-alcohol motifs (C(OH)–C–C–N with tert-alkyl or cyclic N) is 1. The molecule has 0 radical (unpaired) electrons. The average molecular weight is 193 g/mol. The molecule has 1 aliphatic rings. The summed E-state index contributed by atoms with van der Waals surface area (Å²) in [5.41, 5.74) is 0. The maximum atomic E-state index is 9.55. The quantitative estimate of drug-likeness (QED) is 0.700. The Hall–Kier alpha value is -1.06. The third-order valence-electron chi connectivity index (χ3n) is 2.19. The van der Waals surface area contributed by atoms with E-state index in [-0.39, 0.29) is 6.10 Å². The summed E-state index contributed by atoms with van der Waals surface area (Å²) in [7, 11) is 0. The van der Waals surface area contributed by atoms with Crippen LogP contribution in [0.1, 0.15) is 0 Å². The second kappa shape index (κ2) is 4.44. The van der Waals surface area contributed by atoms with E-state index in [2.05, 4.69) is 4.90 Å². The first-order chi connectivity index (χ1) is 6.84. The first kappa shape index (κ1) is 9.49. The van der Waals surface area contributed by atoms with Crippen molar-refractivity contribution in [3.63, 3.8) is 0 Å². The molecule has 1 aromatic rings. The van der Waals surface area contributed by atoms with Gasteiger partial charge in [-0.3, -0.25) is 4.90 Å². The van der Waals surface area contributed by atoms with Crippen LogP contribution in [0.4, 0.5) is 0 Å². The Morgan fingerprint density at radius 2 is 2.00 bits per heavy atom.